The van der Waals surface area contributed by atoms with Crippen LogP contribution in [0.25, 0.3) is 5.69 Å². The lowest BCUT2D eigenvalue weighted by Gasteiger charge is -2.32. The van der Waals surface area contributed by atoms with Gasteiger partial charge in [-0.15, -0.1) is 0 Å². The summed E-state index contributed by atoms with van der Waals surface area (Å²) in [6.45, 7) is 10.5. The normalized spacial score (nSPS) is 17.2. The van der Waals surface area contributed by atoms with Gasteiger partial charge in [-0.3, -0.25) is 9.59 Å². The Balaban J connectivity index is 2.13. The topological polar surface area (TPSA) is 93.1 Å². The summed E-state index contributed by atoms with van der Waals surface area (Å²) in [6.07, 6.45) is -1.16. The van der Waals surface area contributed by atoms with E-state index in [2.05, 4.69) is 13.8 Å². The van der Waals surface area contributed by atoms with E-state index in [1.165, 1.54) is 19.4 Å². The molecular formula is C25H31NO7. The van der Waals surface area contributed by atoms with Crippen LogP contribution in [0, 0.1) is 6.92 Å². The van der Waals surface area contributed by atoms with Crippen molar-refractivity contribution in [3.8, 4) is 11.4 Å². The Bertz CT molecular complexity index is 1040. The van der Waals surface area contributed by atoms with Crippen LogP contribution in [0.1, 0.15) is 67.8 Å². The fraction of sp³-hybridized carbons (Fsp3) is 0.480. The lowest BCUT2D eigenvalue weighted by atomic mass is 10.0. The fourth-order valence-corrected chi connectivity index (χ4v) is 4.06. The van der Waals surface area contributed by atoms with Gasteiger partial charge in [0.15, 0.2) is 11.9 Å². The molecular weight excluding hydrogens is 426 g/mol. The molecule has 0 amide bonds. The van der Waals surface area contributed by atoms with Crippen LogP contribution in [0.3, 0.4) is 0 Å². The molecule has 178 valence electrons. The molecule has 3 rings (SSSR count). The third-order valence-electron chi connectivity index (χ3n) is 5.60. The third-order valence-corrected chi connectivity index (χ3v) is 5.60. The summed E-state index contributed by atoms with van der Waals surface area (Å²) >= 11 is 0. The van der Waals surface area contributed by atoms with Crippen molar-refractivity contribution in [3.05, 3.63) is 46.8 Å². The van der Waals surface area contributed by atoms with Crippen molar-refractivity contribution in [2.24, 2.45) is 0 Å². The molecule has 0 N–H and O–H groups in total. The second-order valence-corrected chi connectivity index (χ2v) is 8.35. The van der Waals surface area contributed by atoms with Crippen LogP contribution >= 0.6 is 0 Å². The molecule has 33 heavy (non-hydrogen) atoms. The number of fused-ring (bicyclic) bond motifs is 1. The van der Waals surface area contributed by atoms with E-state index >= 15 is 0 Å². The highest BCUT2D eigenvalue weighted by Crippen LogP contribution is 2.39. The summed E-state index contributed by atoms with van der Waals surface area (Å²) < 4.78 is 24.0. The summed E-state index contributed by atoms with van der Waals surface area (Å²) in [5.41, 5.74) is 3.71. The average Bonchev–Trinajstić information content (AvgIpc) is 3.02. The van der Waals surface area contributed by atoms with Gasteiger partial charge in [-0.05, 0) is 37.5 Å². The average molecular weight is 458 g/mol. The van der Waals surface area contributed by atoms with Crippen LogP contribution in [-0.4, -0.2) is 47.9 Å². The highest BCUT2D eigenvalue weighted by atomic mass is 16.6. The number of carbonyl (C=O) groups is 3. The predicted molar refractivity (Wildman–Crippen MR) is 121 cm³/mol. The molecule has 2 atom stereocenters. The lowest BCUT2D eigenvalue weighted by molar-refractivity contribution is -0.157. The number of aromatic nitrogens is 1. The molecule has 8 heteroatoms. The van der Waals surface area contributed by atoms with Crippen molar-refractivity contribution in [2.45, 2.75) is 66.1 Å². The highest BCUT2D eigenvalue weighted by Gasteiger charge is 2.40. The van der Waals surface area contributed by atoms with Gasteiger partial charge in [0.2, 0.25) is 0 Å². The number of ether oxygens (including phenoxy) is 4. The number of rotatable bonds is 7. The molecule has 2 aromatic rings. The van der Waals surface area contributed by atoms with Gasteiger partial charge in [-0.1, -0.05) is 26.0 Å². The molecule has 0 fully saturated rings. The number of hydrogen-bond donors (Lipinski definition) is 0. The third kappa shape index (κ3) is 5.21. The fourth-order valence-electron chi connectivity index (χ4n) is 4.06. The van der Waals surface area contributed by atoms with Crippen molar-refractivity contribution >= 4 is 17.9 Å². The number of benzene rings is 1. The van der Waals surface area contributed by atoms with Crippen molar-refractivity contribution in [3.63, 3.8) is 0 Å². The van der Waals surface area contributed by atoms with Crippen molar-refractivity contribution in [2.75, 3.05) is 13.2 Å². The number of nitrogens with zero attached hydrogens (tertiary/aromatic N) is 1. The van der Waals surface area contributed by atoms with Gasteiger partial charge in [0.1, 0.15) is 18.3 Å². The zero-order chi connectivity index (χ0) is 24.3. The number of esters is 3. The summed E-state index contributed by atoms with van der Waals surface area (Å²) in [7, 11) is 0. The smallest absolute Gasteiger partial charge is 0.343 e. The van der Waals surface area contributed by atoms with Gasteiger partial charge >= 0.3 is 17.9 Å². The zero-order valence-corrected chi connectivity index (χ0v) is 20.0. The Morgan fingerprint density at radius 3 is 2.30 bits per heavy atom. The van der Waals surface area contributed by atoms with Crippen LogP contribution in [0.5, 0.6) is 5.75 Å². The summed E-state index contributed by atoms with van der Waals surface area (Å²) in [6, 6.07) is 8.08. The zero-order valence-electron chi connectivity index (χ0n) is 20.0. The first-order valence-corrected chi connectivity index (χ1v) is 11.1. The van der Waals surface area contributed by atoms with E-state index in [0.717, 1.165) is 5.69 Å². The maximum Gasteiger partial charge on any atom is 0.343 e. The first-order valence-electron chi connectivity index (χ1n) is 11.1. The molecule has 0 spiro atoms. The molecule has 8 nitrogen and oxygen atoms in total. The Hall–Kier alpha value is -3.29. The highest BCUT2D eigenvalue weighted by molar-refractivity contribution is 5.95. The minimum absolute atomic E-state index is 0.109. The van der Waals surface area contributed by atoms with Gasteiger partial charge in [-0.2, -0.15) is 0 Å². The van der Waals surface area contributed by atoms with E-state index < -0.39 is 30.1 Å². The second-order valence-electron chi connectivity index (χ2n) is 8.35. The number of hydrogen-bond acceptors (Lipinski definition) is 7. The molecule has 1 aromatic heterocycles. The van der Waals surface area contributed by atoms with Crippen LogP contribution in [0.15, 0.2) is 24.3 Å². The SMILES string of the molecule is CCOC(=O)c1c2c(n(-c3ccc(C(C)C)cc3)c1C)C[C@H](OC(C)=O)[C@@H](COC(C)=O)O2. The van der Waals surface area contributed by atoms with Gasteiger partial charge in [0.05, 0.1) is 12.3 Å². The van der Waals surface area contributed by atoms with Crippen molar-refractivity contribution in [1.82, 2.24) is 4.57 Å². The molecule has 0 unspecified atom stereocenters. The largest absolute Gasteiger partial charge is 0.480 e. The summed E-state index contributed by atoms with van der Waals surface area (Å²) in [4.78, 5) is 36.0. The first kappa shape index (κ1) is 24.4. The van der Waals surface area contributed by atoms with Gasteiger partial charge in [-0.25, -0.2) is 4.79 Å². The van der Waals surface area contributed by atoms with Gasteiger partial charge in [0, 0.05) is 31.6 Å². The van der Waals surface area contributed by atoms with E-state index in [1.54, 1.807) is 6.92 Å². The molecule has 0 saturated heterocycles. The van der Waals surface area contributed by atoms with Crippen molar-refractivity contribution < 1.29 is 33.3 Å². The Kier molecular flexibility index (Phi) is 7.46. The summed E-state index contributed by atoms with van der Waals surface area (Å²) in [5.74, 6) is -0.704. The summed E-state index contributed by atoms with van der Waals surface area (Å²) in [5, 5.41) is 0. The van der Waals surface area contributed by atoms with E-state index in [9.17, 15) is 14.4 Å². The predicted octanol–water partition coefficient (Wildman–Crippen LogP) is 3.88. The second kappa shape index (κ2) is 10.1. The van der Waals surface area contributed by atoms with E-state index in [1.807, 2.05) is 35.8 Å². The van der Waals surface area contributed by atoms with Crippen LogP contribution in [0.2, 0.25) is 0 Å². The number of carbonyl (C=O) groups excluding carboxylic acids is 3. The first-order chi connectivity index (χ1) is 15.6. The molecule has 1 aliphatic rings. The van der Waals surface area contributed by atoms with Crippen LogP contribution in [-0.2, 0) is 30.2 Å². The minimum atomic E-state index is -0.753. The van der Waals surface area contributed by atoms with Gasteiger partial charge in [0.25, 0.3) is 0 Å². The Morgan fingerprint density at radius 2 is 1.76 bits per heavy atom. The molecule has 0 bridgehead atoms. The molecule has 0 aliphatic carbocycles. The molecule has 1 aliphatic heterocycles. The minimum Gasteiger partial charge on any atom is -0.480 e. The molecule has 0 radical (unpaired) electrons. The molecule has 0 saturated carbocycles. The van der Waals surface area contributed by atoms with E-state index in [0.29, 0.717) is 28.6 Å². The van der Waals surface area contributed by atoms with E-state index in [-0.39, 0.29) is 19.6 Å². The van der Waals surface area contributed by atoms with Crippen LogP contribution in [0.4, 0.5) is 0 Å². The van der Waals surface area contributed by atoms with E-state index in [4.69, 9.17) is 18.9 Å². The quantitative estimate of drug-likeness (QED) is 0.460. The Labute approximate surface area is 193 Å². The van der Waals surface area contributed by atoms with Crippen LogP contribution < -0.4 is 4.74 Å². The standard InChI is InChI=1S/C25H31NO7/c1-7-30-25(29)23-15(4)26(19-10-8-18(9-11-19)14(2)3)20-12-21(32-17(6)28)22(33-24(20)23)13-31-16(5)27/h8-11,14,21-22H,7,12-13H2,1-6H3/t21-,22+/m0/s1. The van der Waals surface area contributed by atoms with Crippen molar-refractivity contribution in [1.29, 1.82) is 0 Å². The monoisotopic (exact) mass is 457 g/mol. The van der Waals surface area contributed by atoms with Gasteiger partial charge < -0.3 is 23.5 Å². The Morgan fingerprint density at radius 1 is 1.09 bits per heavy atom. The maximum absolute atomic E-state index is 12.9. The maximum atomic E-state index is 12.9. The molecule has 1 aromatic carbocycles. The lowest BCUT2D eigenvalue weighted by Crippen LogP contribution is -2.44. The molecule has 2 heterocycles.